The number of hydrogen-bond donors (Lipinski definition) is 0. The Balaban J connectivity index is 1.50. The smallest absolute Gasteiger partial charge is 0.238 e. The van der Waals surface area contributed by atoms with Crippen molar-refractivity contribution >= 4 is 43.7 Å². The molecule has 0 saturated carbocycles. The maximum absolute atomic E-state index is 9.04. The Labute approximate surface area is 279 Å². The van der Waals surface area contributed by atoms with Crippen LogP contribution >= 0.6 is 0 Å². The molecule has 0 N–H and O–H groups in total. The van der Waals surface area contributed by atoms with Gasteiger partial charge in [0.05, 0.1) is 59.3 Å². The first-order chi connectivity index (χ1) is 29.7. The van der Waals surface area contributed by atoms with Crippen LogP contribution < -0.4 is 0 Å². The van der Waals surface area contributed by atoms with Crippen LogP contribution in [0, 0.1) is 0 Å². The highest BCUT2D eigenvalue weighted by Crippen LogP contribution is 2.36. The van der Waals surface area contributed by atoms with Crippen LogP contribution in [0.15, 0.2) is 145 Å². The predicted octanol–water partition coefficient (Wildman–Crippen LogP) is 8.79. The van der Waals surface area contributed by atoms with Crippen LogP contribution in [0.3, 0.4) is 0 Å². The van der Waals surface area contributed by atoms with Crippen molar-refractivity contribution in [2.24, 2.45) is 0 Å². The normalized spacial score (nSPS) is 17.7. The lowest BCUT2D eigenvalue weighted by molar-refractivity contribution is 0.951. The molecule has 0 unspecified atom stereocenters. The fourth-order valence-electron chi connectivity index (χ4n) is 5.22. The van der Waals surface area contributed by atoms with E-state index in [0.29, 0.717) is 0 Å². The summed E-state index contributed by atoms with van der Waals surface area (Å²) in [7, 11) is 0. The average molecular weight is 584 g/mol. The van der Waals surface area contributed by atoms with Crippen molar-refractivity contribution in [1.82, 2.24) is 29.1 Å². The number of para-hydroxylation sites is 4. The van der Waals surface area contributed by atoms with E-state index in [1.807, 2.05) is 0 Å². The average Bonchev–Trinajstić information content (AvgIpc) is 3.79. The van der Waals surface area contributed by atoms with Gasteiger partial charge in [0, 0.05) is 33.5 Å². The highest BCUT2D eigenvalue weighted by atomic mass is 15.2. The maximum Gasteiger partial charge on any atom is 0.238 e. The number of hydrogen-bond acceptors (Lipinski definition) is 4. The Morgan fingerprint density at radius 2 is 1.16 bits per heavy atom. The molecule has 9 rings (SSSR count). The first-order valence-electron chi connectivity index (χ1n) is 22.5. The largest absolute Gasteiger partial charge is 0.307 e. The minimum atomic E-state index is -0.762. The van der Waals surface area contributed by atoms with E-state index < -0.39 is 126 Å². The summed E-state index contributed by atoms with van der Waals surface area (Å²) in [5.41, 5.74) is -1.36. The monoisotopic (exact) mass is 583 g/mol. The number of pyridine rings is 1. The summed E-state index contributed by atoms with van der Waals surface area (Å²) in [4.78, 5) is 18.0. The SMILES string of the molecule is [2H]c1cc2c(c([2H])c1[2H])c1nc([2H])c([2H])c([2H])c1n2-c1ccccc1-c1nc(-c2c([2H])c([2H])c([2H])c([2H])c2[2H])nc(-n2c3c([2H])c([2H])c([2H])c([2H])c3c3c([2H])c([2H])c([2H])c([2H])c32)n1. The summed E-state index contributed by atoms with van der Waals surface area (Å²) in [5, 5.41) is -0.657. The molecule has 0 spiro atoms. The third kappa shape index (κ3) is 3.68. The molecule has 6 heteroatoms. The molecular weight excluding hydrogens is 540 g/mol. The summed E-state index contributed by atoms with van der Waals surface area (Å²) < 4.78 is 167. The van der Waals surface area contributed by atoms with Crippen LogP contribution in [0.4, 0.5) is 0 Å². The molecule has 4 aromatic heterocycles. The van der Waals surface area contributed by atoms with Gasteiger partial charge >= 0.3 is 0 Å². The van der Waals surface area contributed by atoms with Crippen molar-refractivity contribution in [3.05, 3.63) is 145 Å². The summed E-state index contributed by atoms with van der Waals surface area (Å²) >= 11 is 0. The first-order valence-corrected chi connectivity index (χ1v) is 13.0. The van der Waals surface area contributed by atoms with Gasteiger partial charge in [-0.3, -0.25) is 9.55 Å². The molecule has 6 nitrogen and oxygen atoms in total. The summed E-state index contributed by atoms with van der Waals surface area (Å²) in [6, 6.07) is -4.43. The molecular formula is C38H24N6. The minimum Gasteiger partial charge on any atom is -0.307 e. The molecule has 0 aliphatic heterocycles. The fraction of sp³-hybridized carbons (Fsp3) is 0. The first kappa shape index (κ1) is 12.2. The van der Waals surface area contributed by atoms with Crippen LogP contribution in [0.2, 0.25) is 0 Å². The van der Waals surface area contributed by atoms with Crippen molar-refractivity contribution in [1.29, 1.82) is 0 Å². The summed E-state index contributed by atoms with van der Waals surface area (Å²) in [6.07, 6.45) is -0.590. The lowest BCUT2D eigenvalue weighted by atomic mass is 10.1. The molecule has 44 heavy (non-hydrogen) atoms. The topological polar surface area (TPSA) is 61.4 Å². The molecule has 0 atom stereocenters. The van der Waals surface area contributed by atoms with Crippen LogP contribution in [0.1, 0.15) is 26.0 Å². The van der Waals surface area contributed by atoms with Gasteiger partial charge in [0.1, 0.15) is 0 Å². The molecule has 0 saturated heterocycles. The van der Waals surface area contributed by atoms with Crippen molar-refractivity contribution in [3.8, 4) is 34.4 Å². The van der Waals surface area contributed by atoms with Gasteiger partial charge in [0.2, 0.25) is 5.95 Å². The van der Waals surface area contributed by atoms with Crippen LogP contribution in [-0.4, -0.2) is 29.1 Å². The van der Waals surface area contributed by atoms with Gasteiger partial charge in [-0.2, -0.15) is 9.97 Å². The molecule has 0 aliphatic carbocycles. The van der Waals surface area contributed by atoms with E-state index in [1.54, 1.807) is 12.1 Å². The standard InChI is InChI=1S/C38H24N6/c1-2-13-25(14-3-1)36-40-37(42-38(41-36)44-30-19-8-4-15-26(30)27-16-5-9-20-31(27)44)29-18-7-11-22-33(29)43-32-21-10-6-17-28(32)35-34(43)23-12-24-39-35/h1-24H/i1D,2D,3D,4D,5D,6D,8D,9D,10D,12D,13D,14D,15D,16D,17D,19D,20D,23D,24D. The van der Waals surface area contributed by atoms with Crippen molar-refractivity contribution < 1.29 is 26.0 Å². The zero-order valence-corrected chi connectivity index (χ0v) is 22.1. The second-order valence-electron chi connectivity index (χ2n) is 9.39. The second kappa shape index (κ2) is 9.71. The third-order valence-corrected chi connectivity index (χ3v) is 7.02. The molecule has 0 aliphatic rings. The van der Waals surface area contributed by atoms with Gasteiger partial charge in [-0.05, 0) is 42.4 Å². The molecule has 0 radical (unpaired) electrons. The van der Waals surface area contributed by atoms with E-state index in [-0.39, 0.29) is 66.9 Å². The highest BCUT2D eigenvalue weighted by molar-refractivity contribution is 6.09. The number of aromatic nitrogens is 6. The Morgan fingerprint density at radius 3 is 1.98 bits per heavy atom. The van der Waals surface area contributed by atoms with E-state index in [1.165, 1.54) is 22.8 Å². The molecule has 0 amide bonds. The zero-order valence-electron chi connectivity index (χ0n) is 41.1. The maximum atomic E-state index is 9.04. The Kier molecular flexibility index (Phi) is 2.70. The van der Waals surface area contributed by atoms with Gasteiger partial charge in [-0.15, -0.1) is 0 Å². The summed E-state index contributed by atoms with van der Waals surface area (Å²) in [5.74, 6) is -1.51. The molecule has 206 valence electrons. The number of benzene rings is 5. The fourth-order valence-corrected chi connectivity index (χ4v) is 5.22. The zero-order chi connectivity index (χ0) is 45.6. The Hall–Kier alpha value is -6.14. The van der Waals surface area contributed by atoms with E-state index in [2.05, 4.69) is 15.0 Å². The highest BCUT2D eigenvalue weighted by Gasteiger charge is 2.21. The molecule has 4 heterocycles. The van der Waals surface area contributed by atoms with Gasteiger partial charge in [-0.25, -0.2) is 4.98 Å². The van der Waals surface area contributed by atoms with E-state index in [0.717, 1.165) is 4.57 Å². The Morgan fingerprint density at radius 1 is 0.500 bits per heavy atom. The molecule has 9 aromatic rings. The number of rotatable bonds is 4. The van der Waals surface area contributed by atoms with Gasteiger partial charge < -0.3 is 4.57 Å². The quantitative estimate of drug-likeness (QED) is 0.208. The number of fused-ring (bicyclic) bond motifs is 6. The summed E-state index contributed by atoms with van der Waals surface area (Å²) in [6.45, 7) is 0. The van der Waals surface area contributed by atoms with E-state index >= 15 is 0 Å². The van der Waals surface area contributed by atoms with Gasteiger partial charge in [0.25, 0.3) is 0 Å². The van der Waals surface area contributed by atoms with E-state index in [9.17, 15) is 0 Å². The Bertz CT molecular complexity index is 3480. The molecule has 0 fully saturated rings. The van der Waals surface area contributed by atoms with Crippen LogP contribution in [0.25, 0.3) is 78.2 Å². The van der Waals surface area contributed by atoms with Crippen molar-refractivity contribution in [3.63, 3.8) is 0 Å². The second-order valence-corrected chi connectivity index (χ2v) is 9.39. The lowest BCUT2D eigenvalue weighted by Crippen LogP contribution is -2.07. The van der Waals surface area contributed by atoms with Gasteiger partial charge in [-0.1, -0.05) is 96.7 Å². The van der Waals surface area contributed by atoms with Gasteiger partial charge in [0.15, 0.2) is 11.6 Å². The number of nitrogens with zero attached hydrogens (tertiary/aromatic N) is 6. The lowest BCUT2D eigenvalue weighted by Gasteiger charge is -2.15. The van der Waals surface area contributed by atoms with Crippen LogP contribution in [0.5, 0.6) is 0 Å². The van der Waals surface area contributed by atoms with E-state index in [4.69, 9.17) is 31.0 Å². The van der Waals surface area contributed by atoms with Crippen LogP contribution in [-0.2, 0) is 0 Å². The van der Waals surface area contributed by atoms with Crippen molar-refractivity contribution in [2.75, 3.05) is 0 Å². The third-order valence-electron chi connectivity index (χ3n) is 7.02. The van der Waals surface area contributed by atoms with Crippen molar-refractivity contribution in [2.45, 2.75) is 0 Å². The molecule has 0 bridgehead atoms. The predicted molar refractivity (Wildman–Crippen MR) is 177 cm³/mol. The molecule has 5 aromatic carbocycles. The minimum absolute atomic E-state index is 0.0204.